The van der Waals surface area contributed by atoms with E-state index in [9.17, 15) is 14.4 Å². The number of hydrogen-bond acceptors (Lipinski definition) is 6. The summed E-state index contributed by atoms with van der Waals surface area (Å²) in [4.78, 5) is 45.4. The zero-order chi connectivity index (χ0) is 20.6. The van der Waals surface area contributed by atoms with E-state index in [4.69, 9.17) is 4.74 Å². The molecule has 0 fully saturated rings. The first-order chi connectivity index (χ1) is 14.1. The van der Waals surface area contributed by atoms with Gasteiger partial charge < -0.3 is 10.1 Å². The topological polar surface area (TPSA) is 98.2 Å². The van der Waals surface area contributed by atoms with Gasteiger partial charge in [0.05, 0.1) is 7.11 Å². The second-order valence-corrected chi connectivity index (χ2v) is 6.19. The van der Waals surface area contributed by atoms with Crippen LogP contribution in [0.15, 0.2) is 72.9 Å². The van der Waals surface area contributed by atoms with Crippen molar-refractivity contribution in [3.05, 3.63) is 95.6 Å². The molecule has 1 heterocycles. The van der Waals surface area contributed by atoms with Crippen LogP contribution in [0, 0.1) is 0 Å². The molecule has 0 saturated heterocycles. The van der Waals surface area contributed by atoms with Crippen molar-refractivity contribution in [2.45, 2.75) is 12.5 Å². The number of methoxy groups -OCH3 is 1. The number of amides is 1. The van der Waals surface area contributed by atoms with Crippen LogP contribution in [0.5, 0.6) is 0 Å². The maximum Gasteiger partial charge on any atom is 0.328 e. The van der Waals surface area contributed by atoms with E-state index in [-0.39, 0.29) is 18.0 Å². The lowest BCUT2D eigenvalue weighted by Crippen LogP contribution is -2.43. The van der Waals surface area contributed by atoms with Crippen molar-refractivity contribution in [1.29, 1.82) is 0 Å². The molecule has 0 saturated carbocycles. The normalized spacial score (nSPS) is 11.3. The smallest absolute Gasteiger partial charge is 0.328 e. The molecule has 1 atom stereocenters. The number of hydrogen-bond donors (Lipinski definition) is 1. The Bertz CT molecular complexity index is 1010. The third-order valence-corrected chi connectivity index (χ3v) is 4.19. The van der Waals surface area contributed by atoms with Gasteiger partial charge in [-0.15, -0.1) is 0 Å². The Balaban J connectivity index is 1.78. The maximum absolute atomic E-state index is 12.6. The molecule has 7 heteroatoms. The lowest BCUT2D eigenvalue weighted by Gasteiger charge is -2.16. The largest absolute Gasteiger partial charge is 0.467 e. The zero-order valence-corrected chi connectivity index (χ0v) is 15.7. The number of nitrogens with zero attached hydrogens (tertiary/aromatic N) is 2. The van der Waals surface area contributed by atoms with Gasteiger partial charge in [-0.3, -0.25) is 9.59 Å². The van der Waals surface area contributed by atoms with Gasteiger partial charge in [0.25, 0.3) is 5.91 Å². The van der Waals surface area contributed by atoms with Crippen LogP contribution in [0.3, 0.4) is 0 Å². The molecule has 0 spiro atoms. The molecule has 1 aromatic heterocycles. The lowest BCUT2D eigenvalue weighted by atomic mass is 10.1. The molecule has 1 N–H and O–H groups in total. The Morgan fingerprint density at radius 3 is 2.17 bits per heavy atom. The van der Waals surface area contributed by atoms with Crippen molar-refractivity contribution in [2.75, 3.05) is 7.11 Å². The minimum atomic E-state index is -0.956. The monoisotopic (exact) mass is 389 g/mol. The van der Waals surface area contributed by atoms with E-state index in [0.29, 0.717) is 16.8 Å². The summed E-state index contributed by atoms with van der Waals surface area (Å²) in [5.41, 5.74) is 1.32. The second kappa shape index (κ2) is 9.36. The molecule has 0 aliphatic carbocycles. The second-order valence-electron chi connectivity index (χ2n) is 6.19. The number of ketones is 1. The van der Waals surface area contributed by atoms with E-state index in [2.05, 4.69) is 15.3 Å². The Morgan fingerprint density at radius 1 is 0.931 bits per heavy atom. The maximum atomic E-state index is 12.6. The fourth-order valence-electron chi connectivity index (χ4n) is 2.71. The highest BCUT2D eigenvalue weighted by Gasteiger charge is 2.24. The van der Waals surface area contributed by atoms with Crippen LogP contribution in [0.4, 0.5) is 0 Å². The SMILES string of the molecule is COC(=O)[C@H](Cc1ccnc(C(=O)c2ccccc2)n1)NC(=O)c1ccccc1. The van der Waals surface area contributed by atoms with Crippen LogP contribution in [-0.2, 0) is 16.0 Å². The number of rotatable bonds is 7. The predicted molar refractivity (Wildman–Crippen MR) is 105 cm³/mol. The summed E-state index contributed by atoms with van der Waals surface area (Å²) in [5, 5.41) is 2.65. The van der Waals surface area contributed by atoms with E-state index >= 15 is 0 Å². The Labute approximate surface area is 167 Å². The molecule has 146 valence electrons. The minimum Gasteiger partial charge on any atom is -0.467 e. The first-order valence-electron chi connectivity index (χ1n) is 8.94. The Kier molecular flexibility index (Phi) is 6.42. The van der Waals surface area contributed by atoms with E-state index in [1.807, 2.05) is 6.07 Å². The van der Waals surface area contributed by atoms with Crippen LogP contribution in [0.2, 0.25) is 0 Å². The number of esters is 1. The number of ether oxygens (including phenoxy) is 1. The minimum absolute atomic E-state index is 0.0201. The van der Waals surface area contributed by atoms with E-state index in [1.165, 1.54) is 13.3 Å². The molecule has 3 rings (SSSR count). The van der Waals surface area contributed by atoms with Crippen molar-refractivity contribution in [3.8, 4) is 0 Å². The van der Waals surface area contributed by atoms with E-state index in [0.717, 1.165) is 0 Å². The van der Waals surface area contributed by atoms with Gasteiger partial charge in [0.1, 0.15) is 6.04 Å². The van der Waals surface area contributed by atoms with Gasteiger partial charge in [-0.05, 0) is 18.2 Å². The van der Waals surface area contributed by atoms with Crippen LogP contribution < -0.4 is 5.32 Å². The molecule has 3 aromatic rings. The standard InChI is InChI=1S/C22H19N3O4/c1-29-22(28)18(25-21(27)16-10-6-3-7-11-16)14-17-12-13-23-20(24-17)19(26)15-8-4-2-5-9-15/h2-13,18H,14H2,1H3,(H,25,27)/t18-/m0/s1. The molecule has 2 aromatic carbocycles. The molecular weight excluding hydrogens is 370 g/mol. The molecule has 0 aliphatic heterocycles. The van der Waals surface area contributed by atoms with Gasteiger partial charge in [0.15, 0.2) is 0 Å². The number of carbonyl (C=O) groups excluding carboxylic acids is 3. The summed E-state index contributed by atoms with van der Waals surface area (Å²) in [5.74, 6) is -1.32. The summed E-state index contributed by atoms with van der Waals surface area (Å²) in [6, 6.07) is 17.8. The van der Waals surface area contributed by atoms with Gasteiger partial charge in [-0.1, -0.05) is 48.5 Å². The Morgan fingerprint density at radius 2 is 1.55 bits per heavy atom. The third-order valence-electron chi connectivity index (χ3n) is 4.19. The van der Waals surface area contributed by atoms with Gasteiger partial charge in [-0.2, -0.15) is 0 Å². The van der Waals surface area contributed by atoms with Crippen molar-refractivity contribution < 1.29 is 19.1 Å². The number of benzene rings is 2. The summed E-state index contributed by atoms with van der Waals surface area (Å²) >= 11 is 0. The number of carbonyl (C=O) groups is 3. The lowest BCUT2D eigenvalue weighted by molar-refractivity contribution is -0.142. The third kappa shape index (κ3) is 5.10. The molecular formula is C22H19N3O4. The fourth-order valence-corrected chi connectivity index (χ4v) is 2.71. The van der Waals surface area contributed by atoms with Crippen molar-refractivity contribution in [3.63, 3.8) is 0 Å². The van der Waals surface area contributed by atoms with Crippen molar-refractivity contribution >= 4 is 17.7 Å². The number of nitrogens with one attached hydrogen (secondary N) is 1. The molecule has 29 heavy (non-hydrogen) atoms. The first-order valence-corrected chi connectivity index (χ1v) is 8.94. The summed E-state index contributed by atoms with van der Waals surface area (Å²) in [7, 11) is 1.24. The summed E-state index contributed by atoms with van der Waals surface area (Å²) in [6.07, 6.45) is 1.51. The molecule has 0 unspecified atom stereocenters. The van der Waals surface area contributed by atoms with Gasteiger partial charge in [-0.25, -0.2) is 14.8 Å². The van der Waals surface area contributed by atoms with Crippen molar-refractivity contribution in [2.24, 2.45) is 0 Å². The highest BCUT2D eigenvalue weighted by atomic mass is 16.5. The molecule has 0 radical (unpaired) electrons. The van der Waals surface area contributed by atoms with Gasteiger partial charge in [0.2, 0.25) is 11.6 Å². The zero-order valence-electron chi connectivity index (χ0n) is 15.7. The van der Waals surface area contributed by atoms with Crippen LogP contribution >= 0.6 is 0 Å². The molecule has 0 aliphatic rings. The molecule has 0 bridgehead atoms. The van der Waals surface area contributed by atoms with E-state index < -0.39 is 17.9 Å². The van der Waals surface area contributed by atoms with Gasteiger partial charge >= 0.3 is 5.97 Å². The molecule has 1 amide bonds. The van der Waals surface area contributed by atoms with Crippen LogP contribution in [-0.4, -0.2) is 40.8 Å². The quantitative estimate of drug-likeness (QED) is 0.491. The van der Waals surface area contributed by atoms with Crippen LogP contribution in [0.1, 0.15) is 32.2 Å². The predicted octanol–water partition coefficient (Wildman–Crippen LogP) is 2.22. The first kappa shape index (κ1) is 19.9. The highest BCUT2D eigenvalue weighted by Crippen LogP contribution is 2.09. The van der Waals surface area contributed by atoms with Crippen LogP contribution in [0.25, 0.3) is 0 Å². The average Bonchev–Trinajstić information content (AvgIpc) is 2.79. The average molecular weight is 389 g/mol. The highest BCUT2D eigenvalue weighted by molar-refractivity contribution is 6.06. The fraction of sp³-hybridized carbons (Fsp3) is 0.136. The van der Waals surface area contributed by atoms with E-state index in [1.54, 1.807) is 60.7 Å². The number of aromatic nitrogens is 2. The molecule has 7 nitrogen and oxygen atoms in total. The van der Waals surface area contributed by atoms with Gasteiger partial charge in [0, 0.05) is 29.4 Å². The summed E-state index contributed by atoms with van der Waals surface area (Å²) in [6.45, 7) is 0. The summed E-state index contributed by atoms with van der Waals surface area (Å²) < 4.78 is 4.80. The Hall–Kier alpha value is -3.87. The van der Waals surface area contributed by atoms with Crippen molar-refractivity contribution in [1.82, 2.24) is 15.3 Å².